The van der Waals surface area contributed by atoms with Crippen LogP contribution < -0.4 is 14.8 Å². The Morgan fingerprint density at radius 3 is 2.78 bits per heavy atom. The van der Waals surface area contributed by atoms with Gasteiger partial charge in [0.1, 0.15) is 5.75 Å². The first-order valence-corrected chi connectivity index (χ1v) is 11.7. The summed E-state index contributed by atoms with van der Waals surface area (Å²) in [7, 11) is -3.20. The van der Waals surface area contributed by atoms with E-state index in [0.717, 1.165) is 27.1 Å². The molecule has 0 radical (unpaired) electrons. The number of sulfonamides is 1. The van der Waals surface area contributed by atoms with Gasteiger partial charge in [0.25, 0.3) is 5.91 Å². The van der Waals surface area contributed by atoms with Gasteiger partial charge in [-0.3, -0.25) is 10.1 Å². The van der Waals surface area contributed by atoms with Crippen molar-refractivity contribution < 1.29 is 17.9 Å². The van der Waals surface area contributed by atoms with Crippen molar-refractivity contribution in [3.05, 3.63) is 40.1 Å². The zero-order valence-electron chi connectivity index (χ0n) is 14.8. The van der Waals surface area contributed by atoms with E-state index in [1.807, 2.05) is 31.2 Å². The molecule has 2 aromatic heterocycles. The highest BCUT2D eigenvalue weighted by atomic mass is 32.2. The van der Waals surface area contributed by atoms with Gasteiger partial charge in [0.2, 0.25) is 10.0 Å². The molecule has 0 aliphatic rings. The van der Waals surface area contributed by atoms with Crippen LogP contribution in [0.5, 0.6) is 5.75 Å². The highest BCUT2D eigenvalue weighted by Gasteiger charge is 2.13. The van der Waals surface area contributed by atoms with Crippen LogP contribution in [0.3, 0.4) is 0 Å². The largest absolute Gasteiger partial charge is 0.494 e. The number of hydrogen-bond donors (Lipinski definition) is 2. The molecule has 0 fully saturated rings. The third kappa shape index (κ3) is 5.48. The van der Waals surface area contributed by atoms with Crippen LogP contribution >= 0.6 is 22.7 Å². The molecule has 3 aromatic rings. The fourth-order valence-electron chi connectivity index (χ4n) is 2.37. The number of anilines is 1. The Kier molecular flexibility index (Phi) is 6.10. The summed E-state index contributed by atoms with van der Waals surface area (Å²) in [6.45, 7) is 2.82. The smallest absolute Gasteiger partial charge is 0.267 e. The van der Waals surface area contributed by atoms with Gasteiger partial charge < -0.3 is 4.74 Å². The molecule has 10 heteroatoms. The first-order valence-electron chi connectivity index (χ1n) is 8.22. The lowest BCUT2D eigenvalue weighted by atomic mass is 10.3. The molecule has 0 bridgehead atoms. The fourth-order valence-corrected chi connectivity index (χ4v) is 4.63. The predicted molar refractivity (Wildman–Crippen MR) is 110 cm³/mol. The minimum Gasteiger partial charge on any atom is -0.494 e. The van der Waals surface area contributed by atoms with Crippen molar-refractivity contribution >= 4 is 54.0 Å². The number of nitrogens with zero attached hydrogens (tertiary/aromatic N) is 1. The number of carbonyl (C=O) groups is 1. The summed E-state index contributed by atoms with van der Waals surface area (Å²) in [6.07, 6.45) is 1.65. The maximum absolute atomic E-state index is 12.4. The van der Waals surface area contributed by atoms with Crippen LogP contribution in [0.15, 0.2) is 30.3 Å². The highest BCUT2D eigenvalue weighted by Crippen LogP contribution is 2.30. The predicted octanol–water partition coefficient (Wildman–Crippen LogP) is 3.10. The van der Waals surface area contributed by atoms with Gasteiger partial charge >= 0.3 is 0 Å². The Morgan fingerprint density at radius 2 is 2.04 bits per heavy atom. The van der Waals surface area contributed by atoms with Crippen LogP contribution in [-0.2, 0) is 16.4 Å². The molecule has 0 spiro atoms. The number of nitrogens with one attached hydrogen (secondary N) is 2. The molecule has 0 unspecified atom stereocenters. The Morgan fingerprint density at radius 1 is 1.22 bits per heavy atom. The molecule has 0 atom stereocenters. The molecule has 2 N–H and O–H groups in total. The SMILES string of the molecule is CCOc1ccc2nc(NC(=O)c3ccc(CCNS(C)(=O)=O)s3)sc2c1. The Balaban J connectivity index is 1.64. The molecule has 2 heterocycles. The van der Waals surface area contributed by atoms with E-state index in [0.29, 0.717) is 29.6 Å². The van der Waals surface area contributed by atoms with Crippen LogP contribution in [-0.4, -0.2) is 38.7 Å². The molecular weight excluding hydrogens is 406 g/mol. The normalized spacial score (nSPS) is 11.6. The van der Waals surface area contributed by atoms with Gasteiger partial charge in [-0.1, -0.05) is 11.3 Å². The van der Waals surface area contributed by atoms with Crippen molar-refractivity contribution in [3.8, 4) is 5.75 Å². The van der Waals surface area contributed by atoms with Crippen LogP contribution in [0.4, 0.5) is 5.13 Å². The van der Waals surface area contributed by atoms with Crippen LogP contribution in [0.1, 0.15) is 21.5 Å². The molecule has 27 heavy (non-hydrogen) atoms. The molecule has 3 rings (SSSR count). The second-order valence-electron chi connectivity index (χ2n) is 5.72. The van der Waals surface area contributed by atoms with Gasteiger partial charge in [0, 0.05) is 11.4 Å². The average Bonchev–Trinajstić information content (AvgIpc) is 3.20. The van der Waals surface area contributed by atoms with Gasteiger partial charge in [-0.25, -0.2) is 18.1 Å². The highest BCUT2D eigenvalue weighted by molar-refractivity contribution is 7.88. The van der Waals surface area contributed by atoms with Crippen molar-refractivity contribution in [1.82, 2.24) is 9.71 Å². The number of benzene rings is 1. The maximum Gasteiger partial charge on any atom is 0.267 e. The number of thiophene rings is 1. The molecule has 1 aromatic carbocycles. The topological polar surface area (TPSA) is 97.4 Å². The van der Waals surface area contributed by atoms with E-state index in [1.54, 1.807) is 6.07 Å². The number of hydrogen-bond acceptors (Lipinski definition) is 7. The standard InChI is InChI=1S/C17H19N3O4S3/c1-3-24-11-4-6-13-15(10-11)26-17(19-13)20-16(21)14-7-5-12(25-14)8-9-18-27(2,22)23/h4-7,10,18H,3,8-9H2,1-2H3,(H,19,20,21). The van der Waals surface area contributed by atoms with E-state index < -0.39 is 10.0 Å². The monoisotopic (exact) mass is 425 g/mol. The number of fused-ring (bicyclic) bond motifs is 1. The van der Waals surface area contributed by atoms with E-state index in [4.69, 9.17) is 4.74 Å². The quantitative estimate of drug-likeness (QED) is 0.578. The fraction of sp³-hybridized carbons (Fsp3) is 0.294. The maximum atomic E-state index is 12.4. The Labute approximate surface area is 165 Å². The van der Waals surface area contributed by atoms with E-state index in [9.17, 15) is 13.2 Å². The molecule has 0 aliphatic heterocycles. The lowest BCUT2D eigenvalue weighted by Crippen LogP contribution is -2.24. The number of aromatic nitrogens is 1. The summed E-state index contributed by atoms with van der Waals surface area (Å²) >= 11 is 2.73. The van der Waals surface area contributed by atoms with E-state index in [1.165, 1.54) is 22.7 Å². The zero-order chi connectivity index (χ0) is 19.4. The minimum atomic E-state index is -3.20. The summed E-state index contributed by atoms with van der Waals surface area (Å²) < 4.78 is 31.0. The van der Waals surface area contributed by atoms with Crippen LogP contribution in [0.25, 0.3) is 10.2 Å². The van der Waals surface area contributed by atoms with E-state index >= 15 is 0 Å². The Bertz CT molecular complexity index is 1060. The molecular formula is C17H19N3O4S3. The third-order valence-corrected chi connectivity index (χ3v) is 6.32. The minimum absolute atomic E-state index is 0.230. The van der Waals surface area contributed by atoms with Gasteiger partial charge in [0.15, 0.2) is 5.13 Å². The molecule has 144 valence electrons. The molecule has 0 aliphatic carbocycles. The average molecular weight is 426 g/mol. The number of thiazole rings is 1. The van der Waals surface area contributed by atoms with Crippen molar-refractivity contribution in [2.45, 2.75) is 13.3 Å². The number of amides is 1. The van der Waals surface area contributed by atoms with Gasteiger partial charge in [-0.2, -0.15) is 0 Å². The van der Waals surface area contributed by atoms with Gasteiger partial charge in [-0.15, -0.1) is 11.3 Å². The van der Waals surface area contributed by atoms with Crippen LogP contribution in [0, 0.1) is 0 Å². The molecule has 0 saturated heterocycles. The van der Waals surface area contributed by atoms with E-state index in [-0.39, 0.29) is 5.91 Å². The summed E-state index contributed by atoms with van der Waals surface area (Å²) in [4.78, 5) is 18.3. The lowest BCUT2D eigenvalue weighted by Gasteiger charge is -2.00. The molecule has 0 saturated carbocycles. The molecule has 7 nitrogen and oxygen atoms in total. The van der Waals surface area contributed by atoms with Crippen molar-refractivity contribution in [2.75, 3.05) is 24.7 Å². The first kappa shape index (κ1) is 19.7. The van der Waals surface area contributed by atoms with Gasteiger partial charge in [-0.05, 0) is 43.7 Å². The van der Waals surface area contributed by atoms with Gasteiger partial charge in [0.05, 0.1) is 28.0 Å². The first-order chi connectivity index (χ1) is 12.8. The lowest BCUT2D eigenvalue weighted by molar-refractivity contribution is 0.103. The number of carbonyl (C=O) groups excluding carboxylic acids is 1. The summed E-state index contributed by atoms with van der Waals surface area (Å²) in [5.41, 5.74) is 0.803. The second kappa shape index (κ2) is 8.34. The Hall–Kier alpha value is -2.01. The van der Waals surface area contributed by atoms with Crippen molar-refractivity contribution in [2.24, 2.45) is 0 Å². The summed E-state index contributed by atoms with van der Waals surface area (Å²) in [5.74, 6) is 0.545. The summed E-state index contributed by atoms with van der Waals surface area (Å²) in [5, 5.41) is 3.34. The number of ether oxygens (including phenoxy) is 1. The zero-order valence-corrected chi connectivity index (χ0v) is 17.3. The third-order valence-electron chi connectivity index (χ3n) is 3.51. The summed E-state index contributed by atoms with van der Waals surface area (Å²) in [6, 6.07) is 9.19. The van der Waals surface area contributed by atoms with E-state index in [2.05, 4.69) is 15.0 Å². The van der Waals surface area contributed by atoms with Crippen molar-refractivity contribution in [3.63, 3.8) is 0 Å². The second-order valence-corrected chi connectivity index (χ2v) is 9.75. The molecule has 1 amide bonds. The number of rotatable bonds is 8. The van der Waals surface area contributed by atoms with Crippen molar-refractivity contribution in [1.29, 1.82) is 0 Å². The van der Waals surface area contributed by atoms with Crippen LogP contribution in [0.2, 0.25) is 0 Å².